The molecule has 5 heteroatoms. The highest BCUT2D eigenvalue weighted by molar-refractivity contribution is 7.14. The topological polar surface area (TPSA) is 37.3 Å². The number of hydrogen-bond acceptors (Lipinski definition) is 4. The summed E-state index contributed by atoms with van der Waals surface area (Å²) in [5.41, 5.74) is 9.86. The number of anilines is 1. The second kappa shape index (κ2) is 7.16. The van der Waals surface area contributed by atoms with Crippen LogP contribution in [0, 0.1) is 20.8 Å². The Bertz CT molecular complexity index is 876. The molecule has 0 amide bonds. The average molecular weight is 356 g/mol. The molecule has 122 valence electrons. The summed E-state index contributed by atoms with van der Waals surface area (Å²) in [4.78, 5) is 4.65. The highest BCUT2D eigenvalue weighted by Gasteiger charge is 2.10. The molecule has 0 aliphatic heterocycles. The van der Waals surface area contributed by atoms with Crippen molar-refractivity contribution in [3.8, 4) is 11.3 Å². The number of nitrogens with one attached hydrogen (secondary N) is 1. The number of hydrazone groups is 1. The van der Waals surface area contributed by atoms with Gasteiger partial charge in [-0.1, -0.05) is 41.4 Å². The number of halogens is 1. The number of aromatic nitrogens is 1. The lowest BCUT2D eigenvalue weighted by Gasteiger charge is -2.08. The predicted octanol–water partition coefficient (Wildman–Crippen LogP) is 5.83. The Morgan fingerprint density at radius 3 is 2.58 bits per heavy atom. The van der Waals surface area contributed by atoms with Crippen molar-refractivity contribution in [3.05, 3.63) is 69.1 Å². The lowest BCUT2D eigenvalue weighted by atomic mass is 9.98. The van der Waals surface area contributed by atoms with Gasteiger partial charge in [-0.05, 0) is 49.6 Å². The Balaban J connectivity index is 1.77. The van der Waals surface area contributed by atoms with Gasteiger partial charge in [0.05, 0.1) is 11.9 Å². The molecule has 0 spiro atoms. The smallest absolute Gasteiger partial charge is 0.203 e. The van der Waals surface area contributed by atoms with Crippen molar-refractivity contribution in [2.75, 3.05) is 5.43 Å². The maximum Gasteiger partial charge on any atom is 0.203 e. The van der Waals surface area contributed by atoms with Gasteiger partial charge in [0.15, 0.2) is 0 Å². The molecule has 0 bridgehead atoms. The van der Waals surface area contributed by atoms with Crippen LogP contribution < -0.4 is 5.43 Å². The molecule has 24 heavy (non-hydrogen) atoms. The third-order valence-corrected chi connectivity index (χ3v) is 4.64. The van der Waals surface area contributed by atoms with Crippen LogP contribution in [0.5, 0.6) is 0 Å². The van der Waals surface area contributed by atoms with Gasteiger partial charge >= 0.3 is 0 Å². The quantitative estimate of drug-likeness (QED) is 0.472. The summed E-state index contributed by atoms with van der Waals surface area (Å²) >= 11 is 7.50. The summed E-state index contributed by atoms with van der Waals surface area (Å²) in [7, 11) is 0. The van der Waals surface area contributed by atoms with E-state index in [1.165, 1.54) is 22.3 Å². The van der Waals surface area contributed by atoms with Gasteiger partial charge in [0.25, 0.3) is 0 Å². The van der Waals surface area contributed by atoms with Gasteiger partial charge in [0.1, 0.15) is 0 Å². The van der Waals surface area contributed by atoms with E-state index in [2.05, 4.69) is 53.8 Å². The molecule has 3 nitrogen and oxygen atoms in total. The van der Waals surface area contributed by atoms with Crippen molar-refractivity contribution in [3.63, 3.8) is 0 Å². The third-order valence-electron chi connectivity index (χ3n) is 3.66. The van der Waals surface area contributed by atoms with Crippen molar-refractivity contribution in [1.29, 1.82) is 0 Å². The highest BCUT2D eigenvalue weighted by Crippen LogP contribution is 2.31. The molecule has 0 atom stereocenters. The predicted molar refractivity (Wildman–Crippen MR) is 104 cm³/mol. The van der Waals surface area contributed by atoms with Crippen LogP contribution in [0.2, 0.25) is 5.02 Å². The van der Waals surface area contributed by atoms with Gasteiger partial charge in [-0.3, -0.25) is 5.43 Å². The van der Waals surface area contributed by atoms with Crippen LogP contribution in [-0.2, 0) is 0 Å². The molecule has 0 aliphatic rings. The standard InChI is InChI=1S/C19H18ClN3S/c1-12-7-13(2)18(14(3)8-12)17-11-24-19(22-17)23-21-10-15-5-4-6-16(20)9-15/h4-11H,1-3H3,(H,22,23)/b21-10-. The van der Waals surface area contributed by atoms with E-state index >= 15 is 0 Å². The van der Waals surface area contributed by atoms with Gasteiger partial charge in [-0.2, -0.15) is 5.10 Å². The molecule has 0 radical (unpaired) electrons. The molecule has 0 aliphatic carbocycles. The SMILES string of the molecule is Cc1cc(C)c(-c2csc(N/N=C\c3cccc(Cl)c3)n2)c(C)c1. The lowest BCUT2D eigenvalue weighted by molar-refractivity contribution is 1.26. The van der Waals surface area contributed by atoms with Crippen molar-refractivity contribution in [2.24, 2.45) is 5.10 Å². The third kappa shape index (κ3) is 3.83. The van der Waals surface area contributed by atoms with E-state index in [-0.39, 0.29) is 0 Å². The zero-order valence-corrected chi connectivity index (χ0v) is 15.4. The van der Waals surface area contributed by atoms with Gasteiger partial charge < -0.3 is 0 Å². The molecule has 0 fully saturated rings. The number of aryl methyl sites for hydroxylation is 3. The summed E-state index contributed by atoms with van der Waals surface area (Å²) in [6.45, 7) is 6.36. The van der Waals surface area contributed by atoms with Gasteiger partial charge in [0.2, 0.25) is 5.13 Å². The average Bonchev–Trinajstić information content (AvgIpc) is 2.95. The first-order valence-corrected chi connectivity index (χ1v) is 8.87. The highest BCUT2D eigenvalue weighted by atomic mass is 35.5. The zero-order chi connectivity index (χ0) is 17.1. The molecule has 1 N–H and O–H groups in total. The Labute approximate surface area is 151 Å². The molecule has 0 unspecified atom stereocenters. The molecule has 3 aromatic rings. The van der Waals surface area contributed by atoms with E-state index in [4.69, 9.17) is 11.6 Å². The minimum Gasteiger partial charge on any atom is -0.253 e. The fourth-order valence-electron chi connectivity index (χ4n) is 2.77. The van der Waals surface area contributed by atoms with Crippen LogP contribution in [0.15, 0.2) is 46.9 Å². The first-order chi connectivity index (χ1) is 11.5. The second-order valence-corrected chi connectivity index (χ2v) is 7.03. The molecular formula is C19H18ClN3S. The number of benzene rings is 2. The fourth-order valence-corrected chi connectivity index (χ4v) is 3.62. The summed E-state index contributed by atoms with van der Waals surface area (Å²) < 4.78 is 0. The van der Waals surface area contributed by atoms with Crippen LogP contribution in [-0.4, -0.2) is 11.2 Å². The molecule has 0 saturated heterocycles. The number of nitrogens with zero attached hydrogens (tertiary/aromatic N) is 2. The Kier molecular flexibility index (Phi) is 4.97. The first-order valence-electron chi connectivity index (χ1n) is 7.61. The van der Waals surface area contributed by atoms with Gasteiger partial charge in [-0.15, -0.1) is 11.3 Å². The second-order valence-electron chi connectivity index (χ2n) is 5.74. The zero-order valence-electron chi connectivity index (χ0n) is 13.8. The minimum absolute atomic E-state index is 0.695. The summed E-state index contributed by atoms with van der Waals surface area (Å²) in [6.07, 6.45) is 1.73. The number of rotatable bonds is 4. The molecule has 1 heterocycles. The van der Waals surface area contributed by atoms with Crippen molar-refractivity contribution in [1.82, 2.24) is 4.98 Å². The molecule has 3 rings (SSSR count). The van der Waals surface area contributed by atoms with E-state index < -0.39 is 0 Å². The monoisotopic (exact) mass is 355 g/mol. The fraction of sp³-hybridized carbons (Fsp3) is 0.158. The van der Waals surface area contributed by atoms with Crippen LogP contribution in [0.3, 0.4) is 0 Å². The summed E-state index contributed by atoms with van der Waals surface area (Å²) in [6, 6.07) is 11.9. The van der Waals surface area contributed by atoms with E-state index in [9.17, 15) is 0 Å². The number of thiazole rings is 1. The number of hydrogen-bond donors (Lipinski definition) is 1. The largest absolute Gasteiger partial charge is 0.253 e. The Morgan fingerprint density at radius 2 is 1.88 bits per heavy atom. The van der Waals surface area contributed by atoms with Crippen molar-refractivity contribution in [2.45, 2.75) is 20.8 Å². The van der Waals surface area contributed by atoms with Crippen LogP contribution in [0.4, 0.5) is 5.13 Å². The molecule has 2 aromatic carbocycles. The maximum atomic E-state index is 5.96. The molecule has 1 aromatic heterocycles. The van der Waals surface area contributed by atoms with Crippen molar-refractivity contribution >= 4 is 34.3 Å². The maximum absolute atomic E-state index is 5.96. The van der Waals surface area contributed by atoms with Crippen molar-refractivity contribution < 1.29 is 0 Å². The Hall–Kier alpha value is -2.17. The van der Waals surface area contributed by atoms with Crippen LogP contribution in [0.25, 0.3) is 11.3 Å². The van der Waals surface area contributed by atoms with E-state index in [1.807, 2.05) is 24.3 Å². The van der Waals surface area contributed by atoms with E-state index in [1.54, 1.807) is 17.6 Å². The Morgan fingerprint density at radius 1 is 1.12 bits per heavy atom. The van der Waals surface area contributed by atoms with E-state index in [0.29, 0.717) is 5.02 Å². The van der Waals surface area contributed by atoms with Crippen LogP contribution >= 0.6 is 22.9 Å². The van der Waals surface area contributed by atoms with E-state index in [0.717, 1.165) is 16.4 Å². The lowest BCUT2D eigenvalue weighted by Crippen LogP contribution is -1.92. The van der Waals surface area contributed by atoms with Crippen LogP contribution in [0.1, 0.15) is 22.3 Å². The normalized spacial score (nSPS) is 11.2. The molecular weight excluding hydrogens is 338 g/mol. The first kappa shape index (κ1) is 16.7. The minimum atomic E-state index is 0.695. The van der Waals surface area contributed by atoms with Gasteiger partial charge in [0, 0.05) is 16.0 Å². The summed E-state index contributed by atoms with van der Waals surface area (Å²) in [5.74, 6) is 0. The van der Waals surface area contributed by atoms with Gasteiger partial charge in [-0.25, -0.2) is 4.98 Å². The molecule has 0 saturated carbocycles. The summed E-state index contributed by atoms with van der Waals surface area (Å²) in [5, 5.41) is 7.75.